The smallest absolute Gasteiger partial charge is 0.164 e. The molecule has 2 aromatic heterocycles. The fourth-order valence-electron chi connectivity index (χ4n) is 8.62. The largest absolute Gasteiger partial charge is 0.208 e. The minimum Gasteiger partial charge on any atom is -0.208 e. The second kappa shape index (κ2) is 14.7. The van der Waals surface area contributed by atoms with Crippen LogP contribution in [-0.2, 0) is 0 Å². The Morgan fingerprint density at radius 1 is 0.383 bits per heavy atom. The second-order valence-electron chi connectivity index (χ2n) is 15.3. The summed E-state index contributed by atoms with van der Waals surface area (Å²) in [6.45, 7) is 6.34. The van der Waals surface area contributed by atoms with Crippen molar-refractivity contribution in [3.05, 3.63) is 206 Å². The Morgan fingerprint density at radius 3 is 1.73 bits per heavy atom. The van der Waals surface area contributed by atoms with Gasteiger partial charge in [-0.25, -0.2) is 15.0 Å². The van der Waals surface area contributed by atoms with Crippen molar-refractivity contribution in [3.8, 4) is 67.5 Å². The fraction of sp³-hybridized carbons (Fsp3) is 0.0179. The highest BCUT2D eigenvalue weighted by Crippen LogP contribution is 2.39. The van der Waals surface area contributed by atoms with Crippen molar-refractivity contribution in [2.75, 3.05) is 0 Å². The first-order valence-electron chi connectivity index (χ1n) is 20.2. The van der Waals surface area contributed by atoms with Crippen LogP contribution in [0, 0.1) is 6.92 Å². The molecule has 9 aromatic carbocycles. The van der Waals surface area contributed by atoms with Crippen molar-refractivity contribution in [1.82, 2.24) is 15.0 Å². The van der Waals surface area contributed by atoms with Crippen molar-refractivity contribution >= 4 is 59.1 Å². The maximum absolute atomic E-state index is 5.21. The molecule has 0 bridgehead atoms. The van der Waals surface area contributed by atoms with E-state index in [1.165, 1.54) is 64.0 Å². The van der Waals surface area contributed by atoms with Gasteiger partial charge in [0.25, 0.3) is 0 Å². The van der Waals surface area contributed by atoms with Gasteiger partial charge < -0.3 is 0 Å². The molecule has 0 saturated heterocycles. The van der Waals surface area contributed by atoms with Crippen LogP contribution in [0.5, 0.6) is 0 Å². The molecule has 4 heteroatoms. The van der Waals surface area contributed by atoms with E-state index in [9.17, 15) is 0 Å². The molecule has 11 aromatic rings. The number of rotatable bonds is 7. The average molecular weight is 784 g/mol. The molecule has 0 spiro atoms. The van der Waals surface area contributed by atoms with Crippen LogP contribution in [0.3, 0.4) is 0 Å². The highest BCUT2D eigenvalue weighted by Gasteiger charge is 2.17. The molecular formula is C56H37N3S. The lowest BCUT2D eigenvalue weighted by molar-refractivity contribution is 1.07. The van der Waals surface area contributed by atoms with Crippen molar-refractivity contribution in [3.63, 3.8) is 0 Å². The molecule has 0 amide bonds. The summed E-state index contributed by atoms with van der Waals surface area (Å²) >= 11 is 1.81. The van der Waals surface area contributed by atoms with Crippen molar-refractivity contribution in [1.29, 1.82) is 0 Å². The quantitative estimate of drug-likeness (QED) is 0.162. The standard InChI is InChI=1S/C56H37N3S/c1-3-36-31-42(26-29-46(36)44-19-6-4-13-35(44)2)55-57-54(58-56(59-55)43-27-30-53-51(34-43)50-21-8-9-24-52(50)60-53)41-18-10-16-38(33-41)39-25-28-47-40(32-39)17-12-23-49(47)48-22-11-15-37-14-5-7-20-45(37)48/h3-34H,1H2,2H3. The topological polar surface area (TPSA) is 38.7 Å². The van der Waals surface area contributed by atoms with Gasteiger partial charge in [-0.1, -0.05) is 158 Å². The van der Waals surface area contributed by atoms with Crippen LogP contribution in [0.25, 0.3) is 115 Å². The molecule has 0 atom stereocenters. The summed E-state index contributed by atoms with van der Waals surface area (Å²) < 4.78 is 2.51. The number of hydrogen-bond acceptors (Lipinski definition) is 4. The van der Waals surface area contributed by atoms with E-state index >= 15 is 0 Å². The molecule has 0 unspecified atom stereocenters. The Labute approximate surface area is 352 Å². The Balaban J connectivity index is 1.04. The van der Waals surface area contributed by atoms with Crippen LogP contribution in [0.4, 0.5) is 0 Å². The third-order valence-corrected chi connectivity index (χ3v) is 12.8. The Hall–Kier alpha value is -7.53. The third-order valence-electron chi connectivity index (χ3n) is 11.6. The molecule has 0 aliphatic rings. The molecular weight excluding hydrogens is 747 g/mol. The lowest BCUT2D eigenvalue weighted by Gasteiger charge is -2.13. The van der Waals surface area contributed by atoms with Gasteiger partial charge in [-0.05, 0) is 115 Å². The molecule has 0 saturated carbocycles. The second-order valence-corrected chi connectivity index (χ2v) is 16.4. The molecule has 0 fully saturated rings. The minimum absolute atomic E-state index is 0.613. The zero-order valence-electron chi connectivity index (χ0n) is 32.9. The third kappa shape index (κ3) is 6.26. The van der Waals surface area contributed by atoms with E-state index < -0.39 is 0 Å². The van der Waals surface area contributed by atoms with E-state index in [1.54, 1.807) is 0 Å². The highest BCUT2D eigenvalue weighted by molar-refractivity contribution is 7.25. The molecule has 0 radical (unpaired) electrons. The SMILES string of the molecule is C=Cc1cc(-c2nc(-c3cccc(-c4ccc5c(-c6cccc7ccccc67)cccc5c4)c3)nc(-c3ccc4sc5ccccc5c4c3)n2)ccc1-c1ccccc1C. The van der Waals surface area contributed by atoms with Gasteiger partial charge in [-0.3, -0.25) is 0 Å². The molecule has 282 valence electrons. The summed E-state index contributed by atoms with van der Waals surface area (Å²) in [5.74, 6) is 1.86. The summed E-state index contributed by atoms with van der Waals surface area (Å²) in [6.07, 6.45) is 1.92. The first kappa shape index (κ1) is 35.6. The molecule has 2 heterocycles. The zero-order valence-corrected chi connectivity index (χ0v) is 33.7. The van der Waals surface area contributed by atoms with Crippen molar-refractivity contribution in [2.45, 2.75) is 6.92 Å². The normalized spacial score (nSPS) is 11.5. The van der Waals surface area contributed by atoms with Gasteiger partial charge in [0.2, 0.25) is 0 Å². The van der Waals surface area contributed by atoms with Gasteiger partial charge in [-0.2, -0.15) is 0 Å². The number of nitrogens with zero attached hydrogens (tertiary/aromatic N) is 3. The maximum Gasteiger partial charge on any atom is 0.164 e. The van der Waals surface area contributed by atoms with Gasteiger partial charge >= 0.3 is 0 Å². The van der Waals surface area contributed by atoms with Crippen molar-refractivity contribution < 1.29 is 0 Å². The van der Waals surface area contributed by atoms with E-state index in [1.807, 2.05) is 17.4 Å². The molecule has 11 rings (SSSR count). The number of thiophene rings is 1. The molecule has 0 aliphatic carbocycles. The fourth-order valence-corrected chi connectivity index (χ4v) is 9.70. The van der Waals surface area contributed by atoms with Crippen LogP contribution < -0.4 is 0 Å². The van der Waals surface area contributed by atoms with E-state index in [0.717, 1.165) is 38.9 Å². The number of benzene rings is 9. The lowest BCUT2D eigenvalue weighted by Crippen LogP contribution is -2.01. The number of aromatic nitrogens is 3. The predicted molar refractivity (Wildman–Crippen MR) is 255 cm³/mol. The minimum atomic E-state index is 0.613. The number of hydrogen-bond donors (Lipinski definition) is 0. The van der Waals surface area contributed by atoms with Crippen LogP contribution in [0.15, 0.2) is 195 Å². The lowest BCUT2D eigenvalue weighted by atomic mass is 9.92. The van der Waals surface area contributed by atoms with Crippen LogP contribution in [-0.4, -0.2) is 15.0 Å². The first-order chi connectivity index (χ1) is 29.6. The Morgan fingerprint density at radius 2 is 0.933 bits per heavy atom. The Bertz CT molecular complexity index is 3480. The molecule has 60 heavy (non-hydrogen) atoms. The summed E-state index contributed by atoms with van der Waals surface area (Å²) in [4.78, 5) is 15.6. The van der Waals surface area contributed by atoms with E-state index in [4.69, 9.17) is 15.0 Å². The van der Waals surface area contributed by atoms with E-state index in [0.29, 0.717) is 17.5 Å². The molecule has 0 aliphatic heterocycles. The van der Waals surface area contributed by atoms with Crippen LogP contribution in [0.2, 0.25) is 0 Å². The van der Waals surface area contributed by atoms with Gasteiger partial charge in [0, 0.05) is 36.9 Å². The highest BCUT2D eigenvalue weighted by atomic mass is 32.1. The van der Waals surface area contributed by atoms with E-state index in [2.05, 4.69) is 202 Å². The molecule has 0 N–H and O–H groups in total. The van der Waals surface area contributed by atoms with Crippen LogP contribution >= 0.6 is 11.3 Å². The zero-order chi connectivity index (χ0) is 40.2. The van der Waals surface area contributed by atoms with Gasteiger partial charge in [0.15, 0.2) is 17.5 Å². The average Bonchev–Trinajstić information content (AvgIpc) is 3.69. The summed E-state index contributed by atoms with van der Waals surface area (Å²) in [5.41, 5.74) is 12.0. The monoisotopic (exact) mass is 783 g/mol. The van der Waals surface area contributed by atoms with E-state index in [-0.39, 0.29) is 0 Å². The summed E-state index contributed by atoms with van der Waals surface area (Å²) in [7, 11) is 0. The van der Waals surface area contributed by atoms with Crippen LogP contribution in [0.1, 0.15) is 11.1 Å². The van der Waals surface area contributed by atoms with Gasteiger partial charge in [0.05, 0.1) is 0 Å². The van der Waals surface area contributed by atoms with Gasteiger partial charge in [0.1, 0.15) is 0 Å². The van der Waals surface area contributed by atoms with Gasteiger partial charge in [-0.15, -0.1) is 11.3 Å². The van der Waals surface area contributed by atoms with Crippen molar-refractivity contribution in [2.24, 2.45) is 0 Å². The number of fused-ring (bicyclic) bond motifs is 5. The molecule has 3 nitrogen and oxygen atoms in total. The Kier molecular flexibility index (Phi) is 8.72. The first-order valence-corrected chi connectivity index (χ1v) is 21.0. The predicted octanol–water partition coefficient (Wildman–Crippen LogP) is 15.5. The number of aryl methyl sites for hydroxylation is 1. The maximum atomic E-state index is 5.21. The summed E-state index contributed by atoms with van der Waals surface area (Å²) in [6, 6.07) is 67.1. The summed E-state index contributed by atoms with van der Waals surface area (Å²) in [5, 5.41) is 7.36.